The largest absolute Gasteiger partial charge is 0.323 e. The molecule has 0 bridgehead atoms. The van der Waals surface area contributed by atoms with Crippen LogP contribution in [0.2, 0.25) is 0 Å². The summed E-state index contributed by atoms with van der Waals surface area (Å²) in [4.78, 5) is 12.5. The highest BCUT2D eigenvalue weighted by atomic mass is 19.1. The molecule has 138 valence electrons. The number of hydrogen-bond donors (Lipinski definition) is 2. The number of hydrogen-bond acceptors (Lipinski definition) is 4. The van der Waals surface area contributed by atoms with Gasteiger partial charge in [-0.25, -0.2) is 4.39 Å². The maximum Gasteiger partial charge on any atom is 0.227 e. The van der Waals surface area contributed by atoms with E-state index < -0.39 is 5.82 Å². The first kappa shape index (κ1) is 17.1. The summed E-state index contributed by atoms with van der Waals surface area (Å²) in [6.07, 6.45) is 5.89. The summed E-state index contributed by atoms with van der Waals surface area (Å²) in [7, 11) is 0. The Morgan fingerprint density at radius 1 is 1.19 bits per heavy atom. The lowest BCUT2D eigenvalue weighted by atomic mass is 9.97. The van der Waals surface area contributed by atoms with Crippen LogP contribution in [0.5, 0.6) is 0 Å². The second kappa shape index (κ2) is 7.53. The second-order valence-corrected chi connectivity index (χ2v) is 7.11. The first-order valence-corrected chi connectivity index (χ1v) is 9.46. The van der Waals surface area contributed by atoms with Crippen molar-refractivity contribution in [2.45, 2.75) is 45.1 Å². The van der Waals surface area contributed by atoms with E-state index in [2.05, 4.69) is 25.4 Å². The van der Waals surface area contributed by atoms with Crippen LogP contribution in [-0.2, 0) is 17.8 Å². The standard InChI is InChI=1S/C19H24FN5O/c20-15-6-5-14(18-24-23-17-4-2-1-3-11-25(17)18)12-16(15)22-19(26)13-7-9-21-10-8-13/h5-6,12-13,21H,1-4,7-11H2,(H,22,26). The molecule has 6 nitrogen and oxygen atoms in total. The van der Waals surface area contributed by atoms with Crippen molar-refractivity contribution in [1.29, 1.82) is 0 Å². The Labute approximate surface area is 152 Å². The summed E-state index contributed by atoms with van der Waals surface area (Å²) in [6, 6.07) is 4.78. The lowest BCUT2D eigenvalue weighted by Crippen LogP contribution is -2.34. The topological polar surface area (TPSA) is 71.8 Å². The molecule has 2 N–H and O–H groups in total. The fraction of sp³-hybridized carbons (Fsp3) is 0.526. The Hall–Kier alpha value is -2.28. The molecule has 0 saturated carbocycles. The molecule has 3 heterocycles. The third-order valence-electron chi connectivity index (χ3n) is 5.30. The quantitative estimate of drug-likeness (QED) is 0.886. The van der Waals surface area contributed by atoms with Crippen LogP contribution >= 0.6 is 0 Å². The molecule has 4 rings (SSSR count). The molecule has 2 aromatic rings. The first-order chi connectivity index (χ1) is 12.7. The van der Waals surface area contributed by atoms with E-state index in [1.807, 2.05) is 0 Å². The van der Waals surface area contributed by atoms with Crippen LogP contribution in [0.15, 0.2) is 18.2 Å². The summed E-state index contributed by atoms with van der Waals surface area (Å²) >= 11 is 0. The summed E-state index contributed by atoms with van der Waals surface area (Å²) < 4.78 is 16.4. The highest BCUT2D eigenvalue weighted by Crippen LogP contribution is 2.27. The zero-order valence-corrected chi connectivity index (χ0v) is 14.8. The lowest BCUT2D eigenvalue weighted by Gasteiger charge is -2.22. The Kier molecular flexibility index (Phi) is 4.97. The van der Waals surface area contributed by atoms with Gasteiger partial charge in [-0.2, -0.15) is 0 Å². The minimum atomic E-state index is -0.424. The van der Waals surface area contributed by atoms with Crippen molar-refractivity contribution in [3.63, 3.8) is 0 Å². The predicted molar refractivity (Wildman–Crippen MR) is 97.2 cm³/mol. The molecule has 0 radical (unpaired) electrons. The van der Waals surface area contributed by atoms with Gasteiger partial charge in [0.25, 0.3) is 0 Å². The average molecular weight is 357 g/mol. The molecule has 0 unspecified atom stereocenters. The molecule has 7 heteroatoms. The number of carbonyl (C=O) groups is 1. The van der Waals surface area contributed by atoms with E-state index in [0.29, 0.717) is 0 Å². The number of piperidine rings is 1. The SMILES string of the molecule is O=C(Nc1cc(-c2nnc3n2CCCCC3)ccc1F)C1CCNCC1. The molecule has 2 aliphatic heterocycles. The summed E-state index contributed by atoms with van der Waals surface area (Å²) in [5, 5.41) is 14.6. The molecule has 2 aliphatic rings. The number of nitrogens with zero attached hydrogens (tertiary/aromatic N) is 3. The minimum absolute atomic E-state index is 0.0660. The predicted octanol–water partition coefficient (Wildman–Crippen LogP) is 2.75. The van der Waals surface area contributed by atoms with Crippen molar-refractivity contribution in [3.8, 4) is 11.4 Å². The van der Waals surface area contributed by atoms with Gasteiger partial charge in [0.2, 0.25) is 5.91 Å². The van der Waals surface area contributed by atoms with Crippen LogP contribution in [-0.4, -0.2) is 33.8 Å². The molecule has 1 aromatic heterocycles. The Morgan fingerprint density at radius 2 is 2.04 bits per heavy atom. The maximum atomic E-state index is 14.3. The number of amides is 1. The highest BCUT2D eigenvalue weighted by Gasteiger charge is 2.22. The third kappa shape index (κ3) is 3.49. The fourth-order valence-corrected chi connectivity index (χ4v) is 3.78. The summed E-state index contributed by atoms with van der Waals surface area (Å²) in [6.45, 7) is 2.53. The Bertz CT molecular complexity index is 797. The second-order valence-electron chi connectivity index (χ2n) is 7.11. The smallest absolute Gasteiger partial charge is 0.227 e. The number of aromatic nitrogens is 3. The van der Waals surface area contributed by atoms with Gasteiger partial charge in [-0.15, -0.1) is 10.2 Å². The number of halogens is 1. The van der Waals surface area contributed by atoms with Gasteiger partial charge in [-0.1, -0.05) is 6.42 Å². The van der Waals surface area contributed by atoms with Gasteiger partial charge in [-0.05, 0) is 57.0 Å². The van der Waals surface area contributed by atoms with Crippen LogP contribution in [0, 0.1) is 11.7 Å². The van der Waals surface area contributed by atoms with E-state index in [1.54, 1.807) is 12.1 Å². The van der Waals surface area contributed by atoms with E-state index in [4.69, 9.17) is 0 Å². The third-order valence-corrected chi connectivity index (χ3v) is 5.30. The average Bonchev–Trinajstić information content (AvgIpc) is 2.92. The molecule has 0 aliphatic carbocycles. The number of anilines is 1. The summed E-state index contributed by atoms with van der Waals surface area (Å²) in [5.41, 5.74) is 1.00. The van der Waals surface area contributed by atoms with Crippen LogP contribution < -0.4 is 10.6 Å². The minimum Gasteiger partial charge on any atom is -0.323 e. The van der Waals surface area contributed by atoms with Gasteiger partial charge in [0, 0.05) is 24.4 Å². The van der Waals surface area contributed by atoms with E-state index in [0.717, 1.165) is 69.0 Å². The molecular weight excluding hydrogens is 333 g/mol. The van der Waals surface area contributed by atoms with Gasteiger partial charge in [0.15, 0.2) is 5.82 Å². The van der Waals surface area contributed by atoms with Crippen molar-refractivity contribution in [1.82, 2.24) is 20.1 Å². The van der Waals surface area contributed by atoms with Crippen molar-refractivity contribution < 1.29 is 9.18 Å². The van der Waals surface area contributed by atoms with Gasteiger partial charge in [0.1, 0.15) is 11.6 Å². The molecule has 26 heavy (non-hydrogen) atoms. The molecule has 1 amide bonds. The van der Waals surface area contributed by atoms with Crippen LogP contribution in [0.4, 0.5) is 10.1 Å². The first-order valence-electron chi connectivity index (χ1n) is 9.46. The molecular formula is C19H24FN5O. The van der Waals surface area contributed by atoms with E-state index >= 15 is 0 Å². The van der Waals surface area contributed by atoms with E-state index in [-0.39, 0.29) is 17.5 Å². The molecule has 1 saturated heterocycles. The fourth-order valence-electron chi connectivity index (χ4n) is 3.78. The van der Waals surface area contributed by atoms with Crippen LogP contribution in [0.1, 0.15) is 37.9 Å². The zero-order chi connectivity index (χ0) is 17.9. The molecule has 1 aromatic carbocycles. The Morgan fingerprint density at radius 3 is 2.88 bits per heavy atom. The number of fused-ring (bicyclic) bond motifs is 1. The van der Waals surface area contributed by atoms with Gasteiger partial charge in [0.05, 0.1) is 5.69 Å². The maximum absolute atomic E-state index is 14.3. The van der Waals surface area contributed by atoms with Gasteiger partial charge in [-0.3, -0.25) is 4.79 Å². The zero-order valence-electron chi connectivity index (χ0n) is 14.8. The van der Waals surface area contributed by atoms with E-state index in [1.165, 1.54) is 12.5 Å². The monoisotopic (exact) mass is 357 g/mol. The number of aryl methyl sites for hydroxylation is 1. The number of rotatable bonds is 3. The summed E-state index contributed by atoms with van der Waals surface area (Å²) in [5.74, 6) is 1.14. The van der Waals surface area contributed by atoms with Crippen molar-refractivity contribution in [2.75, 3.05) is 18.4 Å². The number of carbonyl (C=O) groups excluding carboxylic acids is 1. The normalized spacial score (nSPS) is 18.2. The van der Waals surface area contributed by atoms with Gasteiger partial charge >= 0.3 is 0 Å². The van der Waals surface area contributed by atoms with Crippen molar-refractivity contribution in [3.05, 3.63) is 29.8 Å². The Balaban J connectivity index is 1.58. The lowest BCUT2D eigenvalue weighted by molar-refractivity contribution is -0.120. The van der Waals surface area contributed by atoms with Crippen LogP contribution in [0.3, 0.4) is 0 Å². The number of nitrogens with one attached hydrogen (secondary N) is 2. The van der Waals surface area contributed by atoms with Crippen molar-refractivity contribution in [2.24, 2.45) is 5.92 Å². The van der Waals surface area contributed by atoms with Gasteiger partial charge < -0.3 is 15.2 Å². The number of benzene rings is 1. The van der Waals surface area contributed by atoms with E-state index in [9.17, 15) is 9.18 Å². The molecule has 0 atom stereocenters. The molecule has 1 fully saturated rings. The van der Waals surface area contributed by atoms with Crippen molar-refractivity contribution >= 4 is 11.6 Å². The molecule has 0 spiro atoms. The van der Waals surface area contributed by atoms with Crippen LogP contribution in [0.25, 0.3) is 11.4 Å². The highest BCUT2D eigenvalue weighted by molar-refractivity contribution is 5.93.